The van der Waals surface area contributed by atoms with Gasteiger partial charge in [-0.1, -0.05) is 30.3 Å². The predicted octanol–water partition coefficient (Wildman–Crippen LogP) is 3.28. The van der Waals surface area contributed by atoms with Crippen LogP contribution in [-0.2, 0) is 4.79 Å². The van der Waals surface area contributed by atoms with Crippen LogP contribution < -0.4 is 0 Å². The highest BCUT2D eigenvalue weighted by atomic mass is 32.1. The number of thiazole rings is 1. The molecular weight excluding hydrogens is 346 g/mol. The van der Waals surface area contributed by atoms with Crippen molar-refractivity contribution in [2.75, 3.05) is 26.2 Å². The Bertz CT molecular complexity index is 775. The van der Waals surface area contributed by atoms with E-state index < -0.39 is 0 Å². The maximum atomic E-state index is 12.8. The Balaban J connectivity index is 1.36. The molecule has 136 valence electrons. The first-order valence-electron chi connectivity index (χ1n) is 9.31. The summed E-state index contributed by atoms with van der Waals surface area (Å²) >= 11 is 1.50. The van der Waals surface area contributed by atoms with Gasteiger partial charge in [-0.15, -0.1) is 11.3 Å². The number of benzene rings is 1. The first kappa shape index (κ1) is 17.2. The van der Waals surface area contributed by atoms with E-state index in [1.165, 1.54) is 11.3 Å². The lowest BCUT2D eigenvalue weighted by Gasteiger charge is -2.32. The number of rotatable bonds is 3. The second kappa shape index (κ2) is 7.58. The smallest absolute Gasteiger partial charge is 0.273 e. The molecule has 0 bridgehead atoms. The van der Waals surface area contributed by atoms with E-state index in [1.54, 1.807) is 0 Å². The summed E-state index contributed by atoms with van der Waals surface area (Å²) in [4.78, 5) is 33.6. The monoisotopic (exact) mass is 369 g/mol. The highest BCUT2D eigenvalue weighted by molar-refractivity contribution is 7.13. The zero-order chi connectivity index (χ0) is 17.9. The largest absolute Gasteiger partial charge is 0.342 e. The van der Waals surface area contributed by atoms with E-state index >= 15 is 0 Å². The number of aromatic nitrogens is 1. The predicted molar refractivity (Wildman–Crippen MR) is 102 cm³/mol. The molecule has 2 aliphatic heterocycles. The van der Waals surface area contributed by atoms with Crippen LogP contribution in [0.5, 0.6) is 0 Å². The molecule has 2 fully saturated rings. The van der Waals surface area contributed by atoms with Crippen molar-refractivity contribution in [3.63, 3.8) is 0 Å². The molecule has 3 heterocycles. The summed E-state index contributed by atoms with van der Waals surface area (Å²) in [5, 5.41) is 2.71. The van der Waals surface area contributed by atoms with Gasteiger partial charge in [0.25, 0.3) is 5.91 Å². The van der Waals surface area contributed by atoms with Gasteiger partial charge in [-0.2, -0.15) is 0 Å². The van der Waals surface area contributed by atoms with Gasteiger partial charge in [0.15, 0.2) is 0 Å². The van der Waals surface area contributed by atoms with Crippen LogP contribution in [0.1, 0.15) is 36.2 Å². The van der Waals surface area contributed by atoms with E-state index in [2.05, 4.69) is 4.98 Å². The molecule has 0 atom stereocenters. The quantitative estimate of drug-likeness (QED) is 0.834. The van der Waals surface area contributed by atoms with Gasteiger partial charge in [0.1, 0.15) is 10.7 Å². The van der Waals surface area contributed by atoms with E-state index in [1.807, 2.05) is 45.5 Å². The Morgan fingerprint density at radius 2 is 1.65 bits per heavy atom. The molecule has 1 aromatic carbocycles. The molecule has 0 N–H and O–H groups in total. The summed E-state index contributed by atoms with van der Waals surface area (Å²) in [5.41, 5.74) is 1.55. The van der Waals surface area contributed by atoms with Crippen LogP contribution in [0.15, 0.2) is 35.7 Å². The maximum Gasteiger partial charge on any atom is 0.273 e. The fraction of sp³-hybridized carbons (Fsp3) is 0.450. The van der Waals surface area contributed by atoms with E-state index in [0.717, 1.165) is 49.3 Å². The molecule has 26 heavy (non-hydrogen) atoms. The summed E-state index contributed by atoms with van der Waals surface area (Å²) in [6.07, 6.45) is 3.76. The van der Waals surface area contributed by atoms with Gasteiger partial charge in [-0.25, -0.2) is 4.98 Å². The molecule has 1 aromatic heterocycles. The Hall–Kier alpha value is -2.21. The van der Waals surface area contributed by atoms with Gasteiger partial charge >= 0.3 is 0 Å². The standard InChI is InChI=1S/C20H23N3O2S/c24-19(22-10-4-5-11-22)16-8-12-23(13-9-16)20(25)17-14-26-18(21-17)15-6-2-1-3-7-15/h1-3,6-7,14,16H,4-5,8-13H2. The van der Waals surface area contributed by atoms with Crippen molar-refractivity contribution in [3.05, 3.63) is 41.4 Å². The van der Waals surface area contributed by atoms with Crippen molar-refractivity contribution in [3.8, 4) is 10.6 Å². The summed E-state index contributed by atoms with van der Waals surface area (Å²) < 4.78 is 0. The third kappa shape index (κ3) is 3.51. The molecular formula is C20H23N3O2S. The van der Waals surface area contributed by atoms with Crippen molar-refractivity contribution in [1.29, 1.82) is 0 Å². The minimum absolute atomic E-state index is 0.0181. The van der Waals surface area contributed by atoms with Crippen LogP contribution in [-0.4, -0.2) is 52.8 Å². The first-order chi connectivity index (χ1) is 12.7. The summed E-state index contributed by atoms with van der Waals surface area (Å²) in [6, 6.07) is 9.92. The molecule has 4 rings (SSSR count). The van der Waals surface area contributed by atoms with E-state index in [4.69, 9.17) is 0 Å². The Morgan fingerprint density at radius 1 is 0.962 bits per heavy atom. The molecule has 0 unspecified atom stereocenters. The van der Waals surface area contributed by atoms with Gasteiger partial charge < -0.3 is 9.80 Å². The summed E-state index contributed by atoms with van der Waals surface area (Å²) in [5.74, 6) is 0.345. The zero-order valence-corrected chi connectivity index (χ0v) is 15.6. The number of likely N-dealkylation sites (tertiary alicyclic amines) is 2. The third-order valence-electron chi connectivity index (χ3n) is 5.29. The van der Waals surface area contributed by atoms with Crippen LogP contribution >= 0.6 is 11.3 Å². The highest BCUT2D eigenvalue weighted by Gasteiger charge is 2.32. The van der Waals surface area contributed by atoms with E-state index in [-0.39, 0.29) is 17.7 Å². The van der Waals surface area contributed by atoms with E-state index in [0.29, 0.717) is 18.8 Å². The van der Waals surface area contributed by atoms with Gasteiger partial charge in [-0.05, 0) is 25.7 Å². The topological polar surface area (TPSA) is 53.5 Å². The fourth-order valence-electron chi connectivity index (χ4n) is 3.77. The van der Waals surface area contributed by atoms with Crippen molar-refractivity contribution < 1.29 is 9.59 Å². The second-order valence-electron chi connectivity index (χ2n) is 7.00. The molecule has 2 aliphatic rings. The van der Waals surface area contributed by atoms with E-state index in [9.17, 15) is 9.59 Å². The molecule has 5 nitrogen and oxygen atoms in total. The molecule has 0 radical (unpaired) electrons. The first-order valence-corrected chi connectivity index (χ1v) is 10.2. The van der Waals surface area contributed by atoms with Crippen LogP contribution in [0.4, 0.5) is 0 Å². The summed E-state index contributed by atoms with van der Waals surface area (Å²) in [7, 11) is 0. The number of carbonyl (C=O) groups is 2. The number of hydrogen-bond donors (Lipinski definition) is 0. The third-order valence-corrected chi connectivity index (χ3v) is 6.18. The Kier molecular flexibility index (Phi) is 5.02. The number of piperidine rings is 1. The average Bonchev–Trinajstić information content (AvgIpc) is 3.40. The molecule has 2 amide bonds. The highest BCUT2D eigenvalue weighted by Crippen LogP contribution is 2.26. The van der Waals surface area contributed by atoms with Gasteiger partial charge in [-0.3, -0.25) is 9.59 Å². The molecule has 0 aliphatic carbocycles. The number of amides is 2. The number of nitrogens with zero attached hydrogens (tertiary/aromatic N) is 3. The lowest BCUT2D eigenvalue weighted by molar-refractivity contribution is -0.135. The Labute approximate surface area is 157 Å². The van der Waals surface area contributed by atoms with Gasteiger partial charge in [0.05, 0.1) is 0 Å². The van der Waals surface area contributed by atoms with Crippen molar-refractivity contribution in [1.82, 2.24) is 14.8 Å². The second-order valence-corrected chi connectivity index (χ2v) is 7.86. The fourth-order valence-corrected chi connectivity index (χ4v) is 4.57. The molecule has 0 spiro atoms. The minimum atomic E-state index is -0.0181. The average molecular weight is 369 g/mol. The molecule has 6 heteroatoms. The van der Waals surface area contributed by atoms with Crippen LogP contribution in [0.25, 0.3) is 10.6 Å². The van der Waals surface area contributed by atoms with Crippen LogP contribution in [0.2, 0.25) is 0 Å². The maximum absolute atomic E-state index is 12.8. The lowest BCUT2D eigenvalue weighted by Crippen LogP contribution is -2.43. The summed E-state index contributed by atoms with van der Waals surface area (Å²) in [6.45, 7) is 3.08. The van der Waals surface area contributed by atoms with Gasteiger partial charge in [0, 0.05) is 43.0 Å². The molecule has 2 aromatic rings. The molecule has 0 saturated carbocycles. The Morgan fingerprint density at radius 3 is 2.35 bits per heavy atom. The SMILES string of the molecule is O=C(c1csc(-c2ccccc2)n1)N1CCC(C(=O)N2CCCC2)CC1. The number of hydrogen-bond acceptors (Lipinski definition) is 4. The van der Waals surface area contributed by atoms with Crippen LogP contribution in [0.3, 0.4) is 0 Å². The molecule has 2 saturated heterocycles. The van der Waals surface area contributed by atoms with Crippen molar-refractivity contribution in [2.24, 2.45) is 5.92 Å². The van der Waals surface area contributed by atoms with Crippen molar-refractivity contribution in [2.45, 2.75) is 25.7 Å². The van der Waals surface area contributed by atoms with Crippen molar-refractivity contribution >= 4 is 23.2 Å². The normalized spacial score (nSPS) is 18.3. The lowest BCUT2D eigenvalue weighted by atomic mass is 9.95. The zero-order valence-electron chi connectivity index (χ0n) is 14.8. The van der Waals surface area contributed by atoms with Gasteiger partial charge in [0.2, 0.25) is 5.91 Å². The minimum Gasteiger partial charge on any atom is -0.342 e. The number of carbonyl (C=O) groups excluding carboxylic acids is 2. The van der Waals surface area contributed by atoms with Crippen LogP contribution in [0, 0.1) is 5.92 Å².